The maximum atomic E-state index is 6.11. The Hall–Kier alpha value is -1.84. The second-order valence-electron chi connectivity index (χ2n) is 5.88. The van der Waals surface area contributed by atoms with Gasteiger partial charge < -0.3 is 10.1 Å². The summed E-state index contributed by atoms with van der Waals surface area (Å²) in [5.41, 5.74) is 12.9. The predicted octanol–water partition coefficient (Wildman–Crippen LogP) is 3.99. The Bertz CT molecular complexity index is 851. The topological polar surface area (TPSA) is 43.3 Å². The molecule has 0 fully saturated rings. The van der Waals surface area contributed by atoms with Crippen LogP contribution in [0.15, 0.2) is 36.5 Å². The van der Waals surface area contributed by atoms with Crippen molar-refractivity contribution >= 4 is 17.2 Å². The Kier molecular flexibility index (Phi) is 3.40. The molecule has 0 aliphatic heterocycles. The van der Waals surface area contributed by atoms with Crippen LogP contribution in [-0.4, -0.2) is 9.38 Å². The zero-order valence-electron chi connectivity index (χ0n) is 12.3. The van der Waals surface area contributed by atoms with Gasteiger partial charge >= 0.3 is 0 Å². The van der Waals surface area contributed by atoms with E-state index in [1.54, 1.807) is 0 Å². The lowest BCUT2D eigenvalue weighted by atomic mass is 9.90. The van der Waals surface area contributed by atoms with Crippen molar-refractivity contribution in [1.82, 2.24) is 9.38 Å². The smallest absolute Gasteiger partial charge is 0.137 e. The summed E-state index contributed by atoms with van der Waals surface area (Å²) in [6, 6.07) is 10.5. The van der Waals surface area contributed by atoms with Gasteiger partial charge in [-0.3, -0.25) is 0 Å². The second kappa shape index (κ2) is 5.41. The van der Waals surface area contributed by atoms with Gasteiger partial charge in [-0.25, -0.2) is 4.98 Å². The number of aryl methyl sites for hydroxylation is 2. The molecule has 2 heterocycles. The largest absolute Gasteiger partial charge is 0.325 e. The number of nitrogens with two attached hydrogens (primary N) is 1. The van der Waals surface area contributed by atoms with Gasteiger partial charge in [0.05, 0.1) is 16.4 Å². The molecule has 0 unspecified atom stereocenters. The van der Waals surface area contributed by atoms with Crippen molar-refractivity contribution in [3.63, 3.8) is 0 Å². The van der Waals surface area contributed by atoms with Gasteiger partial charge in [-0.1, -0.05) is 23.7 Å². The van der Waals surface area contributed by atoms with Crippen molar-refractivity contribution in [3.8, 4) is 11.3 Å². The van der Waals surface area contributed by atoms with Gasteiger partial charge in [0.2, 0.25) is 0 Å². The van der Waals surface area contributed by atoms with Gasteiger partial charge in [0.25, 0.3) is 0 Å². The summed E-state index contributed by atoms with van der Waals surface area (Å²) in [4.78, 5) is 4.77. The quantitative estimate of drug-likeness (QED) is 0.777. The van der Waals surface area contributed by atoms with Crippen LogP contribution in [0.1, 0.15) is 29.7 Å². The molecule has 0 amide bonds. The van der Waals surface area contributed by atoms with Crippen LogP contribution in [-0.2, 0) is 19.4 Å². The normalized spacial score (nSPS) is 14.3. The van der Waals surface area contributed by atoms with Crippen molar-refractivity contribution in [3.05, 3.63) is 58.4 Å². The molecule has 112 valence electrons. The Morgan fingerprint density at radius 3 is 2.73 bits per heavy atom. The highest BCUT2D eigenvalue weighted by Gasteiger charge is 2.16. The maximum absolute atomic E-state index is 6.11. The van der Waals surface area contributed by atoms with Crippen LogP contribution in [0.25, 0.3) is 16.9 Å². The molecule has 0 bridgehead atoms. The maximum Gasteiger partial charge on any atom is 0.137 e. The summed E-state index contributed by atoms with van der Waals surface area (Å²) in [5, 5.41) is 0.691. The number of hydrogen-bond donors (Lipinski definition) is 1. The van der Waals surface area contributed by atoms with E-state index in [1.807, 2.05) is 22.7 Å². The molecular formula is C18H18ClN3. The van der Waals surface area contributed by atoms with Gasteiger partial charge in [-0.2, -0.15) is 0 Å². The van der Waals surface area contributed by atoms with E-state index < -0.39 is 0 Å². The number of halogens is 1. The van der Waals surface area contributed by atoms with Gasteiger partial charge in [-0.05, 0) is 55.0 Å². The average Bonchev–Trinajstić information content (AvgIpc) is 2.92. The molecule has 1 aromatic carbocycles. The summed E-state index contributed by atoms with van der Waals surface area (Å²) in [5.74, 6) is 0. The van der Waals surface area contributed by atoms with Gasteiger partial charge in [-0.15, -0.1) is 0 Å². The molecule has 0 saturated heterocycles. The number of rotatable bonds is 2. The molecule has 4 rings (SSSR count). The van der Waals surface area contributed by atoms with E-state index in [0.29, 0.717) is 11.6 Å². The van der Waals surface area contributed by atoms with E-state index in [-0.39, 0.29) is 0 Å². The number of nitrogens with zero attached hydrogens (tertiary/aromatic N) is 2. The summed E-state index contributed by atoms with van der Waals surface area (Å²) >= 11 is 6.11. The Balaban J connectivity index is 1.90. The van der Waals surface area contributed by atoms with Crippen LogP contribution < -0.4 is 5.73 Å². The first kappa shape index (κ1) is 13.8. The fourth-order valence-electron chi connectivity index (χ4n) is 3.37. The second-order valence-corrected chi connectivity index (χ2v) is 6.31. The lowest BCUT2D eigenvalue weighted by molar-refractivity contribution is 0.686. The van der Waals surface area contributed by atoms with Crippen molar-refractivity contribution < 1.29 is 0 Å². The molecule has 2 N–H and O–H groups in total. The number of pyridine rings is 1. The first-order valence-corrected chi connectivity index (χ1v) is 8.13. The third-order valence-electron chi connectivity index (χ3n) is 4.50. The fraction of sp³-hybridized carbons (Fsp3) is 0.278. The minimum absolute atomic E-state index is 0.438. The molecule has 22 heavy (non-hydrogen) atoms. The highest BCUT2D eigenvalue weighted by Crippen LogP contribution is 2.30. The average molecular weight is 312 g/mol. The van der Waals surface area contributed by atoms with Crippen LogP contribution in [0.5, 0.6) is 0 Å². The lowest BCUT2D eigenvalue weighted by Gasteiger charge is -2.16. The monoisotopic (exact) mass is 311 g/mol. The van der Waals surface area contributed by atoms with Gasteiger partial charge in [0.1, 0.15) is 5.65 Å². The number of aromatic nitrogens is 2. The molecule has 0 radical (unpaired) electrons. The van der Waals surface area contributed by atoms with E-state index in [9.17, 15) is 0 Å². The van der Waals surface area contributed by atoms with E-state index in [0.717, 1.165) is 22.6 Å². The zero-order chi connectivity index (χ0) is 15.1. The molecule has 1 aliphatic rings. The van der Waals surface area contributed by atoms with Gasteiger partial charge in [0, 0.05) is 18.3 Å². The van der Waals surface area contributed by atoms with Crippen LogP contribution >= 0.6 is 11.6 Å². The molecule has 0 atom stereocenters. The van der Waals surface area contributed by atoms with E-state index in [4.69, 9.17) is 22.3 Å². The molecule has 2 aromatic heterocycles. The van der Waals surface area contributed by atoms with Crippen LogP contribution in [0, 0.1) is 0 Å². The van der Waals surface area contributed by atoms with E-state index in [1.165, 1.54) is 36.8 Å². The van der Waals surface area contributed by atoms with Crippen LogP contribution in [0.3, 0.4) is 0 Å². The van der Waals surface area contributed by atoms with Crippen molar-refractivity contribution in [2.24, 2.45) is 5.73 Å². The first-order valence-electron chi connectivity index (χ1n) is 7.75. The molecule has 4 heteroatoms. The van der Waals surface area contributed by atoms with Gasteiger partial charge in [0.15, 0.2) is 0 Å². The summed E-state index contributed by atoms with van der Waals surface area (Å²) < 4.78 is 2.00. The predicted molar refractivity (Wildman–Crippen MR) is 90.2 cm³/mol. The number of fused-ring (bicyclic) bond motifs is 2. The molecule has 3 aromatic rings. The van der Waals surface area contributed by atoms with E-state index in [2.05, 4.69) is 18.2 Å². The first-order chi connectivity index (χ1) is 10.8. The zero-order valence-corrected chi connectivity index (χ0v) is 13.1. The minimum Gasteiger partial charge on any atom is -0.325 e. The summed E-state index contributed by atoms with van der Waals surface area (Å²) in [7, 11) is 0. The number of imidazole rings is 1. The highest BCUT2D eigenvalue weighted by molar-refractivity contribution is 6.30. The minimum atomic E-state index is 0.438. The van der Waals surface area contributed by atoms with Crippen molar-refractivity contribution in [1.29, 1.82) is 0 Å². The third kappa shape index (κ3) is 2.21. The Labute approximate surface area is 134 Å². The lowest BCUT2D eigenvalue weighted by Crippen LogP contribution is -2.04. The SMILES string of the molecule is NCc1c(-c2ccc3c(c2)CCCC3)nc2ccc(Cl)cn12. The fourth-order valence-corrected chi connectivity index (χ4v) is 3.53. The third-order valence-corrected chi connectivity index (χ3v) is 4.72. The van der Waals surface area contributed by atoms with Crippen LogP contribution in [0.2, 0.25) is 5.02 Å². The highest BCUT2D eigenvalue weighted by atomic mass is 35.5. The molecule has 0 spiro atoms. The Morgan fingerprint density at radius 2 is 1.91 bits per heavy atom. The molecular weight excluding hydrogens is 294 g/mol. The van der Waals surface area contributed by atoms with Crippen molar-refractivity contribution in [2.75, 3.05) is 0 Å². The summed E-state index contributed by atoms with van der Waals surface area (Å²) in [6.45, 7) is 0.438. The summed E-state index contributed by atoms with van der Waals surface area (Å²) in [6.07, 6.45) is 6.82. The number of benzene rings is 1. The standard InChI is InChI=1S/C18H18ClN3/c19-15-7-8-17-21-18(16(10-20)22(17)11-15)14-6-5-12-3-1-2-4-13(12)9-14/h5-9,11H,1-4,10,20H2. The molecule has 1 aliphatic carbocycles. The number of hydrogen-bond acceptors (Lipinski definition) is 2. The van der Waals surface area contributed by atoms with Crippen molar-refractivity contribution in [2.45, 2.75) is 32.2 Å². The molecule has 3 nitrogen and oxygen atoms in total. The van der Waals surface area contributed by atoms with Crippen LogP contribution in [0.4, 0.5) is 0 Å². The van der Waals surface area contributed by atoms with E-state index >= 15 is 0 Å². The Morgan fingerprint density at radius 1 is 1.09 bits per heavy atom. The molecule has 0 saturated carbocycles.